The summed E-state index contributed by atoms with van der Waals surface area (Å²) >= 11 is 0. The first kappa shape index (κ1) is 9.24. The number of hydrogen-bond donors (Lipinski definition) is 3. The average molecular weight is 170 g/mol. The maximum absolute atomic E-state index is 8.97. The average Bonchev–Trinajstić information content (AvgIpc) is 2.34. The van der Waals surface area contributed by atoms with Gasteiger partial charge in [0, 0.05) is 6.20 Å². The van der Waals surface area contributed by atoms with Gasteiger partial charge in [-0.3, -0.25) is 4.68 Å². The van der Waals surface area contributed by atoms with Crippen LogP contribution < -0.4 is 5.59 Å². The van der Waals surface area contributed by atoms with E-state index in [0.717, 1.165) is 0 Å². The van der Waals surface area contributed by atoms with E-state index < -0.39 is 13.2 Å². The van der Waals surface area contributed by atoms with Crippen molar-refractivity contribution in [3.05, 3.63) is 12.3 Å². The van der Waals surface area contributed by atoms with Gasteiger partial charge in [-0.05, 0) is 13.0 Å². The van der Waals surface area contributed by atoms with Crippen LogP contribution in [0, 0.1) is 0 Å². The Morgan fingerprint density at radius 1 is 1.67 bits per heavy atom. The summed E-state index contributed by atoms with van der Waals surface area (Å²) < 4.78 is 1.46. The zero-order valence-electron chi connectivity index (χ0n) is 6.75. The Morgan fingerprint density at radius 2 is 2.33 bits per heavy atom. The molecule has 1 aromatic rings. The summed E-state index contributed by atoms with van der Waals surface area (Å²) in [6.07, 6.45) is 1.09. The van der Waals surface area contributed by atoms with Gasteiger partial charge in [0.1, 0.15) is 0 Å². The minimum atomic E-state index is -1.54. The summed E-state index contributed by atoms with van der Waals surface area (Å²) in [6.45, 7) is 1.99. The molecular weight excluding hydrogens is 159 g/mol. The molecule has 1 rings (SSSR count). The lowest BCUT2D eigenvalue weighted by atomic mass is 9.87. The molecule has 1 heterocycles. The van der Waals surface area contributed by atoms with Crippen LogP contribution in [0.5, 0.6) is 0 Å². The van der Waals surface area contributed by atoms with Gasteiger partial charge in [-0.25, -0.2) is 0 Å². The molecule has 0 spiro atoms. The topological polar surface area (TPSA) is 78.5 Å². The normalized spacial score (nSPS) is 13.0. The van der Waals surface area contributed by atoms with Crippen LogP contribution in [0.25, 0.3) is 0 Å². The van der Waals surface area contributed by atoms with Crippen molar-refractivity contribution in [3.8, 4) is 0 Å². The molecule has 6 heteroatoms. The van der Waals surface area contributed by atoms with Crippen LogP contribution in [0.15, 0.2) is 12.3 Å². The quantitative estimate of drug-likeness (QED) is 0.456. The second-order valence-corrected chi connectivity index (χ2v) is 2.69. The van der Waals surface area contributed by atoms with E-state index in [2.05, 4.69) is 5.10 Å². The van der Waals surface area contributed by atoms with Gasteiger partial charge in [-0.15, -0.1) is 0 Å². The molecule has 0 unspecified atom stereocenters. The Kier molecular flexibility index (Phi) is 2.85. The Labute approximate surface area is 70.4 Å². The fraction of sp³-hybridized carbons (Fsp3) is 0.500. The number of rotatable bonds is 3. The van der Waals surface area contributed by atoms with Crippen molar-refractivity contribution in [2.24, 2.45) is 0 Å². The molecule has 0 fully saturated rings. The third kappa shape index (κ3) is 2.33. The predicted molar refractivity (Wildman–Crippen MR) is 43.7 cm³/mol. The molecule has 0 saturated carbocycles. The van der Waals surface area contributed by atoms with Crippen LogP contribution in [0.2, 0.25) is 0 Å². The number of aromatic nitrogens is 2. The van der Waals surface area contributed by atoms with E-state index in [4.69, 9.17) is 15.2 Å². The largest absolute Gasteiger partial charge is 0.510 e. The molecule has 0 aliphatic rings. The first-order chi connectivity index (χ1) is 5.59. The number of aliphatic hydroxyl groups excluding tert-OH is 1. The fourth-order valence-corrected chi connectivity index (χ4v) is 0.887. The third-order valence-electron chi connectivity index (χ3n) is 1.38. The molecule has 0 aliphatic heterocycles. The Bertz CT molecular complexity index is 249. The lowest BCUT2D eigenvalue weighted by Crippen LogP contribution is -2.32. The van der Waals surface area contributed by atoms with Gasteiger partial charge in [0.25, 0.3) is 0 Å². The van der Waals surface area contributed by atoms with Gasteiger partial charge in [-0.2, -0.15) is 5.10 Å². The second kappa shape index (κ2) is 3.71. The van der Waals surface area contributed by atoms with Crippen molar-refractivity contribution in [2.75, 3.05) is 0 Å². The molecule has 12 heavy (non-hydrogen) atoms. The number of aliphatic hydroxyl groups is 1. The zero-order chi connectivity index (χ0) is 9.14. The van der Waals surface area contributed by atoms with E-state index in [-0.39, 0.29) is 5.59 Å². The maximum atomic E-state index is 8.97. The Balaban J connectivity index is 2.64. The molecule has 5 nitrogen and oxygen atoms in total. The van der Waals surface area contributed by atoms with Gasteiger partial charge < -0.3 is 15.2 Å². The van der Waals surface area contributed by atoms with Crippen LogP contribution in [0.1, 0.15) is 6.92 Å². The SMILES string of the molecule is C[C@H](O)Cn1ccc(B(O)O)n1. The predicted octanol–water partition coefficient (Wildman–Crippen LogP) is -2.06. The smallest absolute Gasteiger partial charge is 0.422 e. The summed E-state index contributed by atoms with van der Waals surface area (Å²) in [5, 5.41) is 30.2. The lowest BCUT2D eigenvalue weighted by Gasteiger charge is -2.02. The van der Waals surface area contributed by atoms with Crippen molar-refractivity contribution >= 4 is 12.7 Å². The molecule has 0 aromatic carbocycles. The van der Waals surface area contributed by atoms with E-state index in [1.165, 1.54) is 10.7 Å². The molecule has 1 aromatic heterocycles. The summed E-state index contributed by atoms with van der Waals surface area (Å²) in [4.78, 5) is 0. The van der Waals surface area contributed by atoms with Crippen LogP contribution >= 0.6 is 0 Å². The highest BCUT2D eigenvalue weighted by molar-refractivity contribution is 6.57. The minimum absolute atomic E-state index is 0.190. The van der Waals surface area contributed by atoms with Gasteiger partial charge in [0.15, 0.2) is 0 Å². The van der Waals surface area contributed by atoms with E-state index >= 15 is 0 Å². The first-order valence-corrected chi connectivity index (χ1v) is 3.67. The van der Waals surface area contributed by atoms with Gasteiger partial charge in [0.2, 0.25) is 0 Å². The second-order valence-electron chi connectivity index (χ2n) is 2.69. The van der Waals surface area contributed by atoms with E-state index in [1.807, 2.05) is 0 Å². The Hall–Kier alpha value is -0.845. The highest BCUT2D eigenvalue weighted by Gasteiger charge is 2.14. The molecule has 0 saturated heterocycles. The van der Waals surface area contributed by atoms with Crippen molar-refractivity contribution in [1.82, 2.24) is 9.78 Å². The van der Waals surface area contributed by atoms with Crippen molar-refractivity contribution < 1.29 is 15.2 Å². The minimum Gasteiger partial charge on any atom is -0.422 e. The summed E-state index contributed by atoms with van der Waals surface area (Å²) in [5.74, 6) is 0. The monoisotopic (exact) mass is 170 g/mol. The van der Waals surface area contributed by atoms with Crippen LogP contribution in [0.4, 0.5) is 0 Å². The Morgan fingerprint density at radius 3 is 2.75 bits per heavy atom. The van der Waals surface area contributed by atoms with Gasteiger partial charge >= 0.3 is 7.12 Å². The number of hydrogen-bond acceptors (Lipinski definition) is 4. The van der Waals surface area contributed by atoms with E-state index in [0.29, 0.717) is 6.54 Å². The van der Waals surface area contributed by atoms with E-state index in [1.54, 1.807) is 13.1 Å². The van der Waals surface area contributed by atoms with Crippen molar-refractivity contribution in [3.63, 3.8) is 0 Å². The maximum Gasteiger partial charge on any atom is 0.510 e. The number of nitrogens with zero attached hydrogens (tertiary/aromatic N) is 2. The molecule has 1 atom stereocenters. The summed E-state index contributed by atoms with van der Waals surface area (Å²) in [7, 11) is -1.54. The van der Waals surface area contributed by atoms with Crippen molar-refractivity contribution in [2.45, 2.75) is 19.6 Å². The molecule has 0 amide bonds. The molecule has 0 radical (unpaired) electrons. The summed E-state index contributed by atoms with van der Waals surface area (Å²) in [6, 6.07) is 1.49. The lowest BCUT2D eigenvalue weighted by molar-refractivity contribution is 0.168. The fourth-order valence-electron chi connectivity index (χ4n) is 0.887. The molecule has 0 bridgehead atoms. The zero-order valence-corrected chi connectivity index (χ0v) is 6.75. The van der Waals surface area contributed by atoms with Crippen LogP contribution in [-0.2, 0) is 6.54 Å². The standard InChI is InChI=1S/C6H11BN2O3/c1-5(10)4-9-3-2-6(8-9)7(11)12/h2-3,5,10-12H,4H2,1H3/t5-/m0/s1. The highest BCUT2D eigenvalue weighted by atomic mass is 16.4. The van der Waals surface area contributed by atoms with Crippen LogP contribution in [-0.4, -0.2) is 38.2 Å². The van der Waals surface area contributed by atoms with Gasteiger partial charge in [0.05, 0.1) is 18.2 Å². The third-order valence-corrected chi connectivity index (χ3v) is 1.38. The molecule has 66 valence electrons. The molecular formula is C6H11BN2O3. The summed E-state index contributed by atoms with van der Waals surface area (Å²) in [5.41, 5.74) is 0.190. The molecule has 0 aliphatic carbocycles. The highest BCUT2D eigenvalue weighted by Crippen LogP contribution is 1.88. The van der Waals surface area contributed by atoms with E-state index in [9.17, 15) is 0 Å². The van der Waals surface area contributed by atoms with Gasteiger partial charge in [-0.1, -0.05) is 0 Å². The molecule has 3 N–H and O–H groups in total. The van der Waals surface area contributed by atoms with Crippen LogP contribution in [0.3, 0.4) is 0 Å². The first-order valence-electron chi connectivity index (χ1n) is 3.67. The van der Waals surface area contributed by atoms with Crippen molar-refractivity contribution in [1.29, 1.82) is 0 Å².